The van der Waals surface area contributed by atoms with Crippen LogP contribution in [0.25, 0.3) is 11.4 Å². The zero-order chi connectivity index (χ0) is 16.9. The molecule has 0 bridgehead atoms. The van der Waals surface area contributed by atoms with Crippen LogP contribution in [0.4, 0.5) is 4.39 Å². The second kappa shape index (κ2) is 7.84. The van der Waals surface area contributed by atoms with Gasteiger partial charge in [0.05, 0.1) is 6.61 Å². The van der Waals surface area contributed by atoms with Crippen LogP contribution in [0.2, 0.25) is 0 Å². The predicted molar refractivity (Wildman–Crippen MR) is 93.1 cm³/mol. The van der Waals surface area contributed by atoms with E-state index in [0.717, 1.165) is 5.92 Å². The van der Waals surface area contributed by atoms with Crippen molar-refractivity contribution in [2.24, 2.45) is 5.92 Å². The van der Waals surface area contributed by atoms with Crippen molar-refractivity contribution >= 4 is 0 Å². The second-order valence-electron chi connectivity index (χ2n) is 6.71. The Morgan fingerprint density at radius 2 is 1.83 bits per heavy atom. The Kier molecular flexibility index (Phi) is 5.56. The quantitative estimate of drug-likeness (QED) is 0.765. The van der Waals surface area contributed by atoms with E-state index in [2.05, 4.69) is 16.9 Å². The van der Waals surface area contributed by atoms with E-state index < -0.39 is 0 Å². The number of nitrogens with zero attached hydrogens (tertiary/aromatic N) is 2. The fraction of sp³-hybridized carbons (Fsp3) is 0.500. The van der Waals surface area contributed by atoms with Crippen molar-refractivity contribution in [1.82, 2.24) is 9.97 Å². The molecule has 2 aromatic rings. The topological polar surface area (TPSA) is 35.0 Å². The summed E-state index contributed by atoms with van der Waals surface area (Å²) >= 11 is 0. The van der Waals surface area contributed by atoms with Crippen LogP contribution in [0.15, 0.2) is 30.6 Å². The number of benzene rings is 1. The van der Waals surface area contributed by atoms with E-state index in [1.807, 2.05) is 18.5 Å². The Hall–Kier alpha value is -1.81. The first kappa shape index (κ1) is 17.0. The summed E-state index contributed by atoms with van der Waals surface area (Å²) in [5.74, 6) is 1.75. The van der Waals surface area contributed by atoms with Gasteiger partial charge >= 0.3 is 0 Å². The van der Waals surface area contributed by atoms with Gasteiger partial charge in [0.15, 0.2) is 5.82 Å². The van der Waals surface area contributed by atoms with Crippen LogP contribution < -0.4 is 0 Å². The van der Waals surface area contributed by atoms with E-state index in [0.29, 0.717) is 22.9 Å². The Labute approximate surface area is 143 Å². The van der Waals surface area contributed by atoms with Gasteiger partial charge in [-0.05, 0) is 49.1 Å². The fourth-order valence-corrected chi connectivity index (χ4v) is 3.56. The van der Waals surface area contributed by atoms with E-state index in [1.165, 1.54) is 43.7 Å². The van der Waals surface area contributed by atoms with E-state index in [1.54, 1.807) is 13.2 Å². The zero-order valence-electron chi connectivity index (χ0n) is 14.5. The zero-order valence-corrected chi connectivity index (χ0v) is 14.5. The summed E-state index contributed by atoms with van der Waals surface area (Å²) in [6.45, 7) is 2.55. The maximum atomic E-state index is 14.0. The van der Waals surface area contributed by atoms with Gasteiger partial charge in [-0.3, -0.25) is 0 Å². The molecule has 1 aromatic carbocycles. The smallest absolute Gasteiger partial charge is 0.159 e. The molecule has 1 aliphatic carbocycles. The molecule has 0 aliphatic heterocycles. The maximum Gasteiger partial charge on any atom is 0.159 e. The SMILES string of the molecule is CC[C@H]1CC[C@H](c2cnc(-c3ccc(COC)c(F)c3)nc2)CC1. The highest BCUT2D eigenvalue weighted by Crippen LogP contribution is 2.36. The molecule has 0 amide bonds. The van der Waals surface area contributed by atoms with E-state index in [-0.39, 0.29) is 12.4 Å². The Balaban J connectivity index is 1.71. The first-order valence-corrected chi connectivity index (χ1v) is 8.81. The van der Waals surface area contributed by atoms with Crippen LogP contribution in [0.1, 0.15) is 56.1 Å². The van der Waals surface area contributed by atoms with Crippen LogP contribution in [-0.2, 0) is 11.3 Å². The van der Waals surface area contributed by atoms with E-state index in [9.17, 15) is 4.39 Å². The van der Waals surface area contributed by atoms with Gasteiger partial charge in [0.25, 0.3) is 0 Å². The van der Waals surface area contributed by atoms with Gasteiger partial charge in [0.2, 0.25) is 0 Å². The molecule has 0 radical (unpaired) electrons. The van der Waals surface area contributed by atoms with Crippen molar-refractivity contribution in [3.63, 3.8) is 0 Å². The van der Waals surface area contributed by atoms with Crippen LogP contribution >= 0.6 is 0 Å². The minimum absolute atomic E-state index is 0.270. The molecule has 0 unspecified atom stereocenters. The number of hydrogen-bond donors (Lipinski definition) is 0. The third kappa shape index (κ3) is 3.81. The average molecular weight is 328 g/mol. The van der Waals surface area contributed by atoms with E-state index >= 15 is 0 Å². The van der Waals surface area contributed by atoms with Gasteiger partial charge in [0, 0.05) is 30.6 Å². The molecule has 128 valence electrons. The Morgan fingerprint density at radius 3 is 2.42 bits per heavy atom. The highest BCUT2D eigenvalue weighted by molar-refractivity contribution is 5.55. The summed E-state index contributed by atoms with van der Waals surface area (Å²) in [6, 6.07) is 5.06. The Morgan fingerprint density at radius 1 is 1.12 bits per heavy atom. The minimum Gasteiger partial charge on any atom is -0.380 e. The second-order valence-corrected chi connectivity index (χ2v) is 6.71. The molecule has 0 N–H and O–H groups in total. The van der Waals surface area contributed by atoms with Gasteiger partial charge in [-0.2, -0.15) is 0 Å². The maximum absolute atomic E-state index is 14.0. The lowest BCUT2D eigenvalue weighted by Gasteiger charge is -2.27. The minimum atomic E-state index is -0.278. The number of methoxy groups -OCH3 is 1. The molecule has 1 fully saturated rings. The lowest BCUT2D eigenvalue weighted by molar-refractivity contribution is 0.181. The molecule has 1 saturated carbocycles. The summed E-state index contributed by atoms with van der Waals surface area (Å²) in [6.07, 6.45) is 10.2. The van der Waals surface area contributed by atoms with Crippen molar-refractivity contribution in [2.75, 3.05) is 7.11 Å². The number of ether oxygens (including phenoxy) is 1. The van der Waals surface area contributed by atoms with E-state index in [4.69, 9.17) is 4.74 Å². The molecular formula is C20H25FN2O. The lowest BCUT2D eigenvalue weighted by atomic mass is 9.78. The largest absolute Gasteiger partial charge is 0.380 e. The van der Waals surface area contributed by atoms with Gasteiger partial charge in [-0.15, -0.1) is 0 Å². The third-order valence-electron chi connectivity index (χ3n) is 5.18. The average Bonchev–Trinajstić information content (AvgIpc) is 2.64. The summed E-state index contributed by atoms with van der Waals surface area (Å²) in [7, 11) is 1.56. The molecule has 0 saturated heterocycles. The molecule has 0 spiro atoms. The van der Waals surface area contributed by atoms with Crippen molar-refractivity contribution in [3.8, 4) is 11.4 Å². The van der Waals surface area contributed by atoms with Crippen LogP contribution in [-0.4, -0.2) is 17.1 Å². The first-order valence-electron chi connectivity index (χ1n) is 8.81. The van der Waals surface area contributed by atoms with Crippen molar-refractivity contribution < 1.29 is 9.13 Å². The summed E-state index contributed by atoms with van der Waals surface area (Å²) < 4.78 is 19.0. The highest BCUT2D eigenvalue weighted by atomic mass is 19.1. The highest BCUT2D eigenvalue weighted by Gasteiger charge is 2.21. The summed E-state index contributed by atoms with van der Waals surface area (Å²) in [5.41, 5.74) is 2.46. The van der Waals surface area contributed by atoms with Gasteiger partial charge < -0.3 is 4.74 Å². The monoisotopic (exact) mass is 328 g/mol. The fourth-order valence-electron chi connectivity index (χ4n) is 3.56. The predicted octanol–water partition coefficient (Wildman–Crippen LogP) is 5.11. The van der Waals surface area contributed by atoms with Crippen LogP contribution in [0.3, 0.4) is 0 Å². The Bertz CT molecular complexity index is 664. The van der Waals surface area contributed by atoms with Crippen molar-refractivity contribution in [2.45, 2.75) is 51.6 Å². The molecule has 3 rings (SSSR count). The normalized spacial score (nSPS) is 21.0. The van der Waals surface area contributed by atoms with Gasteiger partial charge in [-0.25, -0.2) is 14.4 Å². The standard InChI is InChI=1S/C20H25FN2O/c1-3-14-4-6-15(7-5-14)18-11-22-20(23-12-18)16-8-9-17(13-24-2)19(21)10-16/h8-12,14-15H,3-7,13H2,1-2H3/t14-,15-. The number of rotatable bonds is 5. The van der Waals surface area contributed by atoms with Crippen LogP contribution in [0.5, 0.6) is 0 Å². The number of halogens is 1. The molecule has 3 nitrogen and oxygen atoms in total. The van der Waals surface area contributed by atoms with Crippen LogP contribution in [0, 0.1) is 11.7 Å². The third-order valence-corrected chi connectivity index (χ3v) is 5.18. The van der Waals surface area contributed by atoms with Crippen molar-refractivity contribution in [1.29, 1.82) is 0 Å². The number of hydrogen-bond acceptors (Lipinski definition) is 3. The van der Waals surface area contributed by atoms with Gasteiger partial charge in [-0.1, -0.05) is 25.5 Å². The molecule has 1 aliphatic rings. The lowest BCUT2D eigenvalue weighted by Crippen LogP contribution is -2.13. The molecular weight excluding hydrogens is 303 g/mol. The molecule has 1 aromatic heterocycles. The summed E-state index contributed by atoms with van der Waals surface area (Å²) in [4.78, 5) is 8.94. The molecule has 4 heteroatoms. The number of aromatic nitrogens is 2. The first-order chi connectivity index (χ1) is 11.7. The molecule has 1 heterocycles. The summed E-state index contributed by atoms with van der Waals surface area (Å²) in [5, 5.41) is 0. The molecule has 24 heavy (non-hydrogen) atoms. The van der Waals surface area contributed by atoms with Crippen molar-refractivity contribution in [3.05, 3.63) is 47.5 Å². The molecule has 0 atom stereocenters. The van der Waals surface area contributed by atoms with Gasteiger partial charge in [0.1, 0.15) is 5.82 Å².